The van der Waals surface area contributed by atoms with Gasteiger partial charge in [-0.3, -0.25) is 12.2 Å². The maximum absolute atomic E-state index is 3.65. The summed E-state index contributed by atoms with van der Waals surface area (Å²) in [7, 11) is 0. The summed E-state index contributed by atoms with van der Waals surface area (Å²) < 4.78 is 3.34. The third-order valence-corrected chi connectivity index (χ3v) is 9.97. The van der Waals surface area contributed by atoms with Crippen molar-refractivity contribution in [3.8, 4) is 11.1 Å². The first-order chi connectivity index (χ1) is 22.1. The van der Waals surface area contributed by atoms with Crippen molar-refractivity contribution in [3.63, 3.8) is 0 Å². The zero-order valence-electron chi connectivity index (χ0n) is 32.2. The van der Waals surface area contributed by atoms with Gasteiger partial charge in [-0.1, -0.05) is 124 Å². The third-order valence-electron chi connectivity index (χ3n) is 9.97. The van der Waals surface area contributed by atoms with Crippen molar-refractivity contribution in [2.75, 3.05) is 0 Å². The molecule has 0 aromatic heterocycles. The van der Waals surface area contributed by atoms with E-state index in [-0.39, 0.29) is 18.3 Å². The van der Waals surface area contributed by atoms with Crippen LogP contribution in [0.3, 0.4) is 0 Å². The van der Waals surface area contributed by atoms with Crippen LogP contribution in [0.15, 0.2) is 71.8 Å². The molecule has 1 unspecified atom stereocenters. The van der Waals surface area contributed by atoms with Crippen molar-refractivity contribution in [2.24, 2.45) is 11.3 Å². The molecule has 0 spiro atoms. The van der Waals surface area contributed by atoms with Crippen molar-refractivity contribution >= 4 is 15.4 Å². The van der Waals surface area contributed by atoms with Crippen molar-refractivity contribution in [3.05, 3.63) is 136 Å². The minimum absolute atomic E-state index is 0. The quantitative estimate of drug-likeness (QED) is 0.181. The van der Waals surface area contributed by atoms with Crippen LogP contribution in [0.4, 0.5) is 0 Å². The average molecular weight is 714 g/mol. The van der Waals surface area contributed by atoms with Crippen LogP contribution in [0.25, 0.3) is 22.3 Å². The summed E-state index contributed by atoms with van der Waals surface area (Å²) >= 11 is 1.30. The Kier molecular flexibility index (Phi) is 12.9. The first-order valence-corrected chi connectivity index (χ1v) is 19.1. The van der Waals surface area contributed by atoms with Gasteiger partial charge >= 0.3 is 28.4 Å². The van der Waals surface area contributed by atoms with Crippen molar-refractivity contribution in [2.45, 2.75) is 113 Å². The molecule has 0 saturated heterocycles. The Balaban J connectivity index is 0.000000228. The fraction of sp³-hybridized carbons (Fsp3) is 0.404. The summed E-state index contributed by atoms with van der Waals surface area (Å²) in [6.07, 6.45) is 15.4. The maximum atomic E-state index is 3.65. The van der Waals surface area contributed by atoms with Gasteiger partial charge in [0.05, 0.1) is 0 Å². The monoisotopic (exact) mass is 712 g/mol. The van der Waals surface area contributed by atoms with Gasteiger partial charge in [-0.05, 0) is 58.4 Å². The summed E-state index contributed by atoms with van der Waals surface area (Å²) in [5.74, 6) is 0.573. The molecule has 1 atom stereocenters. The molecule has 0 aliphatic heterocycles. The normalized spacial score (nSPS) is 18.3. The number of rotatable bonds is 2. The van der Waals surface area contributed by atoms with Gasteiger partial charge < -0.3 is 7.43 Å². The molecule has 0 heterocycles. The number of allylic oxidation sites excluding steroid dienone is 8. The van der Waals surface area contributed by atoms with Crippen LogP contribution >= 0.6 is 0 Å². The molecular weight excluding hydrogens is 656 g/mol. The number of benzene rings is 3. The molecule has 4 aliphatic carbocycles. The smallest absolute Gasteiger partial charge is 0.358 e. The van der Waals surface area contributed by atoms with Gasteiger partial charge in [0.25, 0.3) is 0 Å². The van der Waals surface area contributed by atoms with Gasteiger partial charge in [-0.25, -0.2) is 11.1 Å². The predicted molar refractivity (Wildman–Crippen MR) is 209 cm³/mol. The summed E-state index contributed by atoms with van der Waals surface area (Å²) in [6, 6.07) is 20.6. The maximum Gasteiger partial charge on any atom is -0.358 e. The summed E-state index contributed by atoms with van der Waals surface area (Å²) in [6.45, 7) is 27.0. The predicted octanol–water partition coefficient (Wildman–Crippen LogP) is 12.8. The molecule has 0 bridgehead atoms. The fourth-order valence-corrected chi connectivity index (χ4v) is 7.61. The second kappa shape index (κ2) is 15.5. The molecule has 0 nitrogen and oxygen atoms in total. The topological polar surface area (TPSA) is 0 Å². The van der Waals surface area contributed by atoms with E-state index in [1.165, 1.54) is 103 Å². The Morgan fingerprint density at radius 1 is 0.833 bits per heavy atom. The summed E-state index contributed by atoms with van der Waals surface area (Å²) in [5, 5.41) is 0. The molecule has 0 amide bonds. The standard InChI is InChI=1S/C25H25.C13H21.C7H7.CH3.CH2.Zr/c1-14-12-24(3,4)22-8-16-7-17-9-23-19(15(2)13-25(23,5)6)11-21(17)20(16)10-18(14)22;1-6-10-8-11(7-2)12(9-10)13(3,4)5;1-7-5-3-2-4-6-7;;;/h8-12H,7H2,1-6H3;9-10H,6-7H2,1-5H3;3-6H,1H3;1H3;1H2;/q4*-1;;. The second-order valence-corrected chi connectivity index (χ2v) is 15.6. The van der Waals surface area contributed by atoms with Gasteiger partial charge in [0, 0.05) is 5.41 Å². The van der Waals surface area contributed by atoms with E-state index in [0.29, 0.717) is 11.3 Å². The van der Waals surface area contributed by atoms with Gasteiger partial charge in [0.15, 0.2) is 0 Å². The molecule has 4 aliphatic rings. The minimum atomic E-state index is 0. The van der Waals surface area contributed by atoms with E-state index >= 15 is 0 Å². The molecule has 0 N–H and O–H groups in total. The Labute approximate surface area is 309 Å². The van der Waals surface area contributed by atoms with Crippen LogP contribution in [0.5, 0.6) is 0 Å². The zero-order chi connectivity index (χ0) is 34.9. The Bertz CT molecular complexity index is 1660. The van der Waals surface area contributed by atoms with Crippen LogP contribution in [0.1, 0.15) is 128 Å². The van der Waals surface area contributed by atoms with Crippen LogP contribution in [-0.4, -0.2) is 4.21 Å². The largest absolute Gasteiger partial charge is 0.358 e. The molecule has 48 heavy (non-hydrogen) atoms. The van der Waals surface area contributed by atoms with E-state index in [0.717, 1.165) is 12.8 Å². The summed E-state index contributed by atoms with van der Waals surface area (Å²) in [4.78, 5) is 0. The van der Waals surface area contributed by atoms with Gasteiger partial charge in [0.2, 0.25) is 0 Å². The van der Waals surface area contributed by atoms with Crippen LogP contribution in [0.2, 0.25) is 0 Å². The molecule has 1 heteroatoms. The summed E-state index contributed by atoms with van der Waals surface area (Å²) in [5.41, 5.74) is 19.1. The Morgan fingerprint density at radius 3 is 1.88 bits per heavy atom. The van der Waals surface area contributed by atoms with E-state index < -0.39 is 0 Å². The van der Waals surface area contributed by atoms with Crippen molar-refractivity contribution in [1.82, 2.24) is 0 Å². The first kappa shape index (κ1) is 39.8. The zero-order valence-corrected chi connectivity index (χ0v) is 34.6. The first-order valence-electron chi connectivity index (χ1n) is 17.4. The Hall–Kier alpha value is -2.63. The average Bonchev–Trinajstić information content (AvgIpc) is 3.73. The fourth-order valence-electron chi connectivity index (χ4n) is 7.61. The molecule has 7 rings (SSSR count). The number of aryl methyl sites for hydroxylation is 1. The van der Waals surface area contributed by atoms with E-state index in [4.69, 9.17) is 0 Å². The van der Waals surface area contributed by atoms with E-state index in [1.807, 2.05) is 24.3 Å². The van der Waals surface area contributed by atoms with Gasteiger partial charge in [-0.2, -0.15) is 53.1 Å². The number of hydrogen-bond donors (Lipinski definition) is 0. The SMILES string of the molecule is CC1=[C-]C(C)(C)c2cc3c(cc21)-c1cc2c(cc1C3)C(C)(C)C=C2C.CCC1=[C-]C(CC)C=C1C(C)(C)C.Cc1cc[c-]cc1.[CH2]=[Zr].[CH3-]. The third kappa shape index (κ3) is 8.21. The van der Waals surface area contributed by atoms with Gasteiger partial charge in [-0.15, -0.1) is 11.6 Å². The van der Waals surface area contributed by atoms with Crippen LogP contribution in [0, 0.1) is 43.9 Å². The van der Waals surface area contributed by atoms with E-state index in [2.05, 4.69) is 142 Å². The van der Waals surface area contributed by atoms with Crippen molar-refractivity contribution in [1.29, 1.82) is 0 Å². The van der Waals surface area contributed by atoms with Crippen LogP contribution in [-0.2, 0) is 41.5 Å². The van der Waals surface area contributed by atoms with Gasteiger partial charge in [0.1, 0.15) is 0 Å². The molecule has 0 fully saturated rings. The molecule has 254 valence electrons. The molecule has 3 aromatic carbocycles. The molecule has 3 aromatic rings. The second-order valence-electron chi connectivity index (χ2n) is 15.6. The van der Waals surface area contributed by atoms with Crippen LogP contribution < -0.4 is 0 Å². The number of fused-ring (bicyclic) bond motifs is 5. The molecule has 0 radical (unpaired) electrons. The Morgan fingerprint density at radius 2 is 1.40 bits per heavy atom. The molecular formula is C47H58Zr-4. The minimum Gasteiger partial charge on any atom is -0.358 e. The van der Waals surface area contributed by atoms with E-state index in [1.54, 1.807) is 0 Å². The number of hydrogen-bond acceptors (Lipinski definition) is 0. The van der Waals surface area contributed by atoms with E-state index in [9.17, 15) is 0 Å². The van der Waals surface area contributed by atoms with Crippen molar-refractivity contribution < 1.29 is 24.2 Å². The molecule has 0 saturated carbocycles.